The van der Waals surface area contributed by atoms with Crippen LogP contribution in [0.5, 0.6) is 5.75 Å². The fourth-order valence-electron chi connectivity index (χ4n) is 1.40. The number of hydroxylamine groups is 1. The first-order valence-corrected chi connectivity index (χ1v) is 6.37. The molecule has 0 atom stereocenters. The van der Waals surface area contributed by atoms with Crippen molar-refractivity contribution in [1.29, 1.82) is 0 Å². The summed E-state index contributed by atoms with van der Waals surface area (Å²) in [5.74, 6) is -0.429. The van der Waals surface area contributed by atoms with E-state index in [1.165, 1.54) is 10.9 Å². The molecule has 0 radical (unpaired) electrons. The molecule has 1 aromatic heterocycles. The zero-order valence-electron chi connectivity index (χ0n) is 10.4. The molecule has 0 aliphatic heterocycles. The highest BCUT2D eigenvalue weighted by Crippen LogP contribution is 2.17. The van der Waals surface area contributed by atoms with E-state index in [0.717, 1.165) is 11.3 Å². The second-order valence-electron chi connectivity index (χ2n) is 3.66. The number of hydrogen-bond acceptors (Lipinski definition) is 6. The highest BCUT2D eigenvalue weighted by Gasteiger charge is 2.12. The van der Waals surface area contributed by atoms with Crippen LogP contribution in [0.3, 0.4) is 0 Å². The molecule has 0 aliphatic carbocycles. The van der Waals surface area contributed by atoms with Crippen molar-refractivity contribution in [2.75, 3.05) is 12.4 Å². The Labute approximate surface area is 118 Å². The molecule has 7 nitrogen and oxygen atoms in total. The molecule has 8 heteroatoms. The van der Waals surface area contributed by atoms with E-state index < -0.39 is 5.91 Å². The van der Waals surface area contributed by atoms with E-state index in [9.17, 15) is 9.59 Å². The molecule has 2 amide bonds. The number of nitrogens with zero attached hydrogens (tertiary/aromatic N) is 1. The van der Waals surface area contributed by atoms with E-state index in [1.807, 2.05) is 0 Å². The van der Waals surface area contributed by atoms with Gasteiger partial charge in [-0.2, -0.15) is 0 Å². The number of anilines is 1. The third-order valence-electron chi connectivity index (χ3n) is 2.41. The van der Waals surface area contributed by atoms with Crippen LogP contribution in [-0.4, -0.2) is 29.1 Å². The van der Waals surface area contributed by atoms with E-state index in [1.54, 1.807) is 31.4 Å². The third-order valence-corrected chi connectivity index (χ3v) is 3.17. The molecule has 2 rings (SSSR count). The molecular formula is C12H11N3O4S. The number of benzene rings is 1. The van der Waals surface area contributed by atoms with Crippen molar-refractivity contribution in [3.8, 4) is 5.75 Å². The normalized spacial score (nSPS) is 9.90. The Kier molecular flexibility index (Phi) is 4.28. The van der Waals surface area contributed by atoms with E-state index >= 15 is 0 Å². The van der Waals surface area contributed by atoms with Gasteiger partial charge in [-0.05, 0) is 24.3 Å². The number of nitrogens with one attached hydrogen (secondary N) is 2. The number of rotatable bonds is 4. The van der Waals surface area contributed by atoms with Crippen LogP contribution in [0.15, 0.2) is 29.6 Å². The second kappa shape index (κ2) is 6.13. The molecule has 0 unspecified atom stereocenters. The minimum atomic E-state index is -0.730. The molecule has 0 fully saturated rings. The zero-order valence-corrected chi connectivity index (χ0v) is 11.2. The van der Waals surface area contributed by atoms with Crippen molar-refractivity contribution >= 4 is 28.3 Å². The standard InChI is InChI=1S/C12H11N3O4S/c1-19-8-4-2-7(3-5-8)10(16)14-12-13-9(6-20-12)11(17)15-18/h2-6,18H,1H3,(H,15,17)(H,13,14,16). The molecule has 0 aliphatic rings. The summed E-state index contributed by atoms with van der Waals surface area (Å²) in [6.07, 6.45) is 0. The van der Waals surface area contributed by atoms with Crippen molar-refractivity contribution in [1.82, 2.24) is 10.5 Å². The minimum Gasteiger partial charge on any atom is -0.497 e. The molecule has 0 saturated heterocycles. The minimum absolute atomic E-state index is 0.0301. The molecule has 0 spiro atoms. The molecule has 0 saturated carbocycles. The lowest BCUT2D eigenvalue weighted by Gasteiger charge is -2.03. The smallest absolute Gasteiger partial charge is 0.294 e. The summed E-state index contributed by atoms with van der Waals surface area (Å²) in [5.41, 5.74) is 1.94. The SMILES string of the molecule is COc1ccc(C(=O)Nc2nc(C(=O)NO)cs2)cc1. The summed E-state index contributed by atoms with van der Waals surface area (Å²) < 4.78 is 5.00. The number of ether oxygens (including phenoxy) is 1. The van der Waals surface area contributed by atoms with Gasteiger partial charge in [0.2, 0.25) is 0 Å². The number of thiazole rings is 1. The summed E-state index contributed by atoms with van der Waals surface area (Å²) in [6.45, 7) is 0. The maximum absolute atomic E-state index is 11.9. The Morgan fingerprint density at radius 3 is 2.55 bits per heavy atom. The van der Waals surface area contributed by atoms with Crippen molar-refractivity contribution in [3.63, 3.8) is 0 Å². The fraction of sp³-hybridized carbons (Fsp3) is 0.0833. The average Bonchev–Trinajstić information content (AvgIpc) is 2.95. The maximum Gasteiger partial charge on any atom is 0.294 e. The van der Waals surface area contributed by atoms with Crippen molar-refractivity contribution in [2.24, 2.45) is 0 Å². The van der Waals surface area contributed by atoms with E-state index in [4.69, 9.17) is 9.94 Å². The monoisotopic (exact) mass is 293 g/mol. The topological polar surface area (TPSA) is 101 Å². The Morgan fingerprint density at radius 1 is 1.25 bits per heavy atom. The molecule has 20 heavy (non-hydrogen) atoms. The van der Waals surface area contributed by atoms with Crippen LogP contribution in [0.25, 0.3) is 0 Å². The van der Waals surface area contributed by atoms with Gasteiger partial charge in [-0.3, -0.25) is 20.1 Å². The number of hydrogen-bond donors (Lipinski definition) is 3. The average molecular weight is 293 g/mol. The largest absolute Gasteiger partial charge is 0.497 e. The Bertz CT molecular complexity index is 624. The summed E-state index contributed by atoms with van der Waals surface area (Å²) in [6, 6.07) is 6.56. The van der Waals surface area contributed by atoms with Crippen LogP contribution in [0.4, 0.5) is 5.13 Å². The van der Waals surface area contributed by atoms with E-state index in [0.29, 0.717) is 11.3 Å². The summed E-state index contributed by atoms with van der Waals surface area (Å²) in [4.78, 5) is 26.9. The first-order chi connectivity index (χ1) is 9.63. The van der Waals surface area contributed by atoms with Gasteiger partial charge in [-0.25, -0.2) is 10.5 Å². The van der Waals surface area contributed by atoms with Crippen molar-refractivity contribution in [2.45, 2.75) is 0 Å². The lowest BCUT2D eigenvalue weighted by molar-refractivity contribution is 0.0701. The van der Waals surface area contributed by atoms with Gasteiger partial charge in [0.25, 0.3) is 11.8 Å². The summed E-state index contributed by atoms with van der Waals surface area (Å²) >= 11 is 1.08. The van der Waals surface area contributed by atoms with Crippen molar-refractivity contribution in [3.05, 3.63) is 40.9 Å². The molecule has 3 N–H and O–H groups in total. The zero-order chi connectivity index (χ0) is 14.5. The van der Waals surface area contributed by atoms with Crippen LogP contribution in [-0.2, 0) is 0 Å². The number of aromatic nitrogens is 1. The molecule has 1 aromatic carbocycles. The predicted molar refractivity (Wildman–Crippen MR) is 72.3 cm³/mol. The Morgan fingerprint density at radius 2 is 1.95 bits per heavy atom. The molecule has 104 valence electrons. The maximum atomic E-state index is 11.9. The second-order valence-corrected chi connectivity index (χ2v) is 4.52. The van der Waals surface area contributed by atoms with E-state index in [2.05, 4.69) is 10.3 Å². The quantitative estimate of drug-likeness (QED) is 0.586. The Balaban J connectivity index is 2.07. The number of methoxy groups -OCH3 is 1. The molecular weight excluding hydrogens is 282 g/mol. The van der Waals surface area contributed by atoms with Crippen LogP contribution < -0.4 is 15.5 Å². The molecule has 0 bridgehead atoms. The summed E-state index contributed by atoms with van der Waals surface area (Å²) in [5, 5.41) is 12.7. The van der Waals surface area contributed by atoms with Crippen molar-refractivity contribution < 1.29 is 19.5 Å². The number of amides is 2. The van der Waals surface area contributed by atoms with E-state index in [-0.39, 0.29) is 16.7 Å². The lowest BCUT2D eigenvalue weighted by Crippen LogP contribution is -2.19. The van der Waals surface area contributed by atoms with Gasteiger partial charge in [0, 0.05) is 10.9 Å². The molecule has 2 aromatic rings. The Hall–Kier alpha value is -2.45. The molecule has 1 heterocycles. The highest BCUT2D eigenvalue weighted by molar-refractivity contribution is 7.14. The number of carbonyl (C=O) groups excluding carboxylic acids is 2. The van der Waals surface area contributed by atoms with Gasteiger partial charge in [0.15, 0.2) is 5.13 Å². The van der Waals surface area contributed by atoms with Gasteiger partial charge in [0.1, 0.15) is 11.4 Å². The number of carbonyl (C=O) groups is 2. The lowest BCUT2D eigenvalue weighted by atomic mass is 10.2. The fourth-order valence-corrected chi connectivity index (χ4v) is 2.09. The van der Waals surface area contributed by atoms with Gasteiger partial charge in [-0.15, -0.1) is 11.3 Å². The summed E-state index contributed by atoms with van der Waals surface area (Å²) in [7, 11) is 1.54. The van der Waals surface area contributed by atoms with Crippen LogP contribution in [0.2, 0.25) is 0 Å². The van der Waals surface area contributed by atoms with Gasteiger partial charge in [-0.1, -0.05) is 0 Å². The van der Waals surface area contributed by atoms with Crippen LogP contribution >= 0.6 is 11.3 Å². The third kappa shape index (κ3) is 3.11. The first kappa shape index (κ1) is 14.0. The van der Waals surface area contributed by atoms with Gasteiger partial charge < -0.3 is 4.74 Å². The van der Waals surface area contributed by atoms with Gasteiger partial charge in [0.05, 0.1) is 7.11 Å². The highest BCUT2D eigenvalue weighted by atomic mass is 32.1. The van der Waals surface area contributed by atoms with Crippen LogP contribution in [0, 0.1) is 0 Å². The first-order valence-electron chi connectivity index (χ1n) is 5.49. The van der Waals surface area contributed by atoms with Gasteiger partial charge >= 0.3 is 0 Å². The predicted octanol–water partition coefficient (Wildman–Crippen LogP) is 1.52. The van der Waals surface area contributed by atoms with Crippen LogP contribution in [0.1, 0.15) is 20.8 Å².